The van der Waals surface area contributed by atoms with Gasteiger partial charge in [-0.15, -0.1) is 0 Å². The van der Waals surface area contributed by atoms with Crippen LogP contribution in [0.25, 0.3) is 0 Å². The van der Waals surface area contributed by atoms with Gasteiger partial charge in [0.2, 0.25) is 0 Å². The molecule has 0 bridgehead atoms. The molecule has 1 aliphatic rings. The fourth-order valence-electron chi connectivity index (χ4n) is 2.80. The molecule has 0 unspecified atom stereocenters. The van der Waals surface area contributed by atoms with Gasteiger partial charge in [-0.05, 0) is 30.5 Å². The van der Waals surface area contributed by atoms with E-state index in [2.05, 4.69) is 0 Å². The van der Waals surface area contributed by atoms with Crippen LogP contribution in [0.5, 0.6) is 0 Å². The quantitative estimate of drug-likeness (QED) is 0.894. The summed E-state index contributed by atoms with van der Waals surface area (Å²) in [6.07, 6.45) is 2.80. The van der Waals surface area contributed by atoms with E-state index in [0.29, 0.717) is 25.7 Å². The van der Waals surface area contributed by atoms with E-state index in [0.717, 1.165) is 18.6 Å². The molecule has 20 heavy (non-hydrogen) atoms. The first-order valence-corrected chi connectivity index (χ1v) is 6.35. The molecular weight excluding hydrogens is 270 g/mol. The lowest BCUT2D eigenvalue weighted by atomic mass is 9.69. The van der Waals surface area contributed by atoms with Crippen molar-refractivity contribution >= 4 is 11.9 Å². The van der Waals surface area contributed by atoms with Crippen molar-refractivity contribution in [1.82, 2.24) is 0 Å². The average Bonchev–Trinajstić information content (AvgIpc) is 2.41. The molecule has 0 heterocycles. The fourth-order valence-corrected chi connectivity index (χ4v) is 2.80. The van der Waals surface area contributed by atoms with Crippen molar-refractivity contribution in [2.24, 2.45) is 0 Å². The number of hydrogen-bond donors (Lipinski definition) is 2. The summed E-state index contributed by atoms with van der Waals surface area (Å²) in [5, 5.41) is 18.3. The third kappa shape index (κ3) is 2.26. The number of aliphatic carboxylic acids is 1. The molecule has 1 aliphatic carbocycles. The Balaban J connectivity index is 2.60. The summed E-state index contributed by atoms with van der Waals surface area (Å²) in [6.45, 7) is 0. The fraction of sp³-hybridized carbons (Fsp3) is 0.429. The Hall–Kier alpha value is -1.98. The first kappa shape index (κ1) is 14.4. The minimum Gasteiger partial charge on any atom is -0.481 e. The summed E-state index contributed by atoms with van der Waals surface area (Å²) in [4.78, 5) is 22.5. The van der Waals surface area contributed by atoms with Crippen LogP contribution in [0.3, 0.4) is 0 Å². The summed E-state index contributed by atoms with van der Waals surface area (Å²) in [5.41, 5.74) is -2.12. The summed E-state index contributed by atoms with van der Waals surface area (Å²) in [5.74, 6) is -5.53. The van der Waals surface area contributed by atoms with Gasteiger partial charge in [-0.25, -0.2) is 13.6 Å². The minimum absolute atomic E-state index is 0.0287. The van der Waals surface area contributed by atoms with Gasteiger partial charge in [0.1, 0.15) is 0 Å². The first-order valence-electron chi connectivity index (χ1n) is 6.35. The van der Waals surface area contributed by atoms with Gasteiger partial charge in [-0.3, -0.25) is 4.79 Å². The molecule has 0 radical (unpaired) electrons. The van der Waals surface area contributed by atoms with Crippen molar-refractivity contribution in [3.63, 3.8) is 0 Å². The van der Waals surface area contributed by atoms with Crippen molar-refractivity contribution in [3.8, 4) is 0 Å². The van der Waals surface area contributed by atoms with Crippen LogP contribution in [0.2, 0.25) is 0 Å². The van der Waals surface area contributed by atoms with Crippen molar-refractivity contribution in [2.75, 3.05) is 0 Å². The predicted molar refractivity (Wildman–Crippen MR) is 65.7 cm³/mol. The maximum absolute atomic E-state index is 13.6. The Kier molecular flexibility index (Phi) is 3.74. The molecule has 0 spiro atoms. The molecule has 1 aromatic carbocycles. The van der Waals surface area contributed by atoms with E-state index in [1.807, 2.05) is 0 Å². The molecule has 0 saturated heterocycles. The Labute approximate surface area is 114 Å². The van der Waals surface area contributed by atoms with Crippen LogP contribution >= 0.6 is 0 Å². The highest BCUT2D eigenvalue weighted by atomic mass is 19.2. The summed E-state index contributed by atoms with van der Waals surface area (Å²) < 4.78 is 27.0. The second kappa shape index (κ2) is 5.19. The molecular formula is C14H14F2O4. The van der Waals surface area contributed by atoms with E-state index in [9.17, 15) is 23.5 Å². The van der Waals surface area contributed by atoms with Gasteiger partial charge in [0.05, 0.1) is 11.0 Å². The van der Waals surface area contributed by atoms with Crippen molar-refractivity contribution in [2.45, 2.75) is 37.5 Å². The minimum atomic E-state index is -1.61. The topological polar surface area (TPSA) is 74.6 Å². The molecule has 0 aromatic heterocycles. The SMILES string of the molecule is O=C(O)c1cc(C2(C(=O)O)CCCCC2)cc(F)c1F. The Morgan fingerprint density at radius 2 is 1.65 bits per heavy atom. The molecule has 6 heteroatoms. The van der Waals surface area contributed by atoms with Crippen LogP contribution in [-0.2, 0) is 10.2 Å². The molecule has 2 rings (SSSR count). The number of carboxylic acid groups (broad SMARTS) is 2. The standard InChI is InChI=1S/C14H14F2O4/c15-10-7-8(6-9(11(10)16)12(17)18)14(13(19)20)4-2-1-3-5-14/h6-7H,1-5H2,(H,17,18)(H,19,20). The number of carboxylic acids is 2. The van der Waals surface area contributed by atoms with Crippen LogP contribution in [0, 0.1) is 11.6 Å². The van der Waals surface area contributed by atoms with E-state index in [4.69, 9.17) is 5.11 Å². The van der Waals surface area contributed by atoms with E-state index < -0.39 is 34.6 Å². The van der Waals surface area contributed by atoms with Crippen LogP contribution in [0.15, 0.2) is 12.1 Å². The zero-order valence-electron chi connectivity index (χ0n) is 10.7. The van der Waals surface area contributed by atoms with Gasteiger partial charge >= 0.3 is 11.9 Å². The Bertz CT molecular complexity index is 563. The number of carbonyl (C=O) groups is 2. The highest BCUT2D eigenvalue weighted by molar-refractivity contribution is 5.89. The maximum atomic E-state index is 13.6. The van der Waals surface area contributed by atoms with Crippen molar-refractivity contribution in [3.05, 3.63) is 34.9 Å². The molecule has 1 fully saturated rings. The highest BCUT2D eigenvalue weighted by Gasteiger charge is 2.42. The summed E-state index contributed by atoms with van der Waals surface area (Å²) >= 11 is 0. The average molecular weight is 284 g/mol. The van der Waals surface area contributed by atoms with Crippen LogP contribution in [-0.4, -0.2) is 22.2 Å². The monoisotopic (exact) mass is 284 g/mol. The third-order valence-electron chi connectivity index (χ3n) is 3.93. The first-order chi connectivity index (χ1) is 9.38. The summed E-state index contributed by atoms with van der Waals surface area (Å²) in [6, 6.07) is 1.75. The smallest absolute Gasteiger partial charge is 0.338 e. The predicted octanol–water partition coefficient (Wildman–Crippen LogP) is 2.95. The van der Waals surface area contributed by atoms with Crippen molar-refractivity contribution in [1.29, 1.82) is 0 Å². The van der Waals surface area contributed by atoms with Gasteiger partial charge in [-0.2, -0.15) is 0 Å². The molecule has 0 atom stereocenters. The lowest BCUT2D eigenvalue weighted by Gasteiger charge is -2.33. The molecule has 108 valence electrons. The lowest BCUT2D eigenvalue weighted by Crippen LogP contribution is -2.38. The number of benzene rings is 1. The summed E-state index contributed by atoms with van der Waals surface area (Å²) in [7, 11) is 0. The van der Waals surface area contributed by atoms with E-state index in [-0.39, 0.29) is 5.56 Å². The lowest BCUT2D eigenvalue weighted by molar-refractivity contribution is -0.145. The van der Waals surface area contributed by atoms with Crippen LogP contribution in [0.4, 0.5) is 8.78 Å². The molecule has 0 amide bonds. The zero-order valence-corrected chi connectivity index (χ0v) is 10.7. The molecule has 1 aromatic rings. The van der Waals surface area contributed by atoms with Gasteiger partial charge in [0, 0.05) is 0 Å². The van der Waals surface area contributed by atoms with Crippen LogP contribution < -0.4 is 0 Å². The van der Waals surface area contributed by atoms with E-state index >= 15 is 0 Å². The molecule has 0 aliphatic heterocycles. The Morgan fingerprint density at radius 1 is 1.05 bits per heavy atom. The molecule has 2 N–H and O–H groups in total. The van der Waals surface area contributed by atoms with Gasteiger partial charge < -0.3 is 10.2 Å². The second-order valence-electron chi connectivity index (χ2n) is 5.07. The highest BCUT2D eigenvalue weighted by Crippen LogP contribution is 2.40. The number of rotatable bonds is 3. The number of aromatic carboxylic acids is 1. The molecule has 4 nitrogen and oxygen atoms in total. The molecule has 1 saturated carbocycles. The van der Waals surface area contributed by atoms with Crippen LogP contribution in [0.1, 0.15) is 48.0 Å². The second-order valence-corrected chi connectivity index (χ2v) is 5.07. The Morgan fingerprint density at radius 3 is 2.15 bits per heavy atom. The van der Waals surface area contributed by atoms with E-state index in [1.165, 1.54) is 0 Å². The van der Waals surface area contributed by atoms with Gasteiger partial charge in [0.15, 0.2) is 11.6 Å². The maximum Gasteiger partial charge on any atom is 0.338 e. The van der Waals surface area contributed by atoms with E-state index in [1.54, 1.807) is 0 Å². The van der Waals surface area contributed by atoms with Gasteiger partial charge in [0.25, 0.3) is 0 Å². The normalized spacial score (nSPS) is 17.7. The largest absolute Gasteiger partial charge is 0.481 e. The number of halogens is 2. The van der Waals surface area contributed by atoms with Crippen molar-refractivity contribution < 1.29 is 28.6 Å². The van der Waals surface area contributed by atoms with Gasteiger partial charge in [-0.1, -0.05) is 19.3 Å². The number of hydrogen-bond acceptors (Lipinski definition) is 2. The third-order valence-corrected chi connectivity index (χ3v) is 3.93. The zero-order chi connectivity index (χ0) is 14.9.